The van der Waals surface area contributed by atoms with Crippen molar-refractivity contribution in [2.45, 2.75) is 25.8 Å². The molecule has 0 bridgehead atoms. The summed E-state index contributed by atoms with van der Waals surface area (Å²) in [6.07, 6.45) is 3.79. The van der Waals surface area contributed by atoms with Crippen molar-refractivity contribution in [3.63, 3.8) is 0 Å². The van der Waals surface area contributed by atoms with Gasteiger partial charge in [-0.3, -0.25) is 9.48 Å². The van der Waals surface area contributed by atoms with E-state index in [0.29, 0.717) is 11.6 Å². The molecule has 3 rings (SSSR count). The molecule has 1 saturated carbocycles. The Labute approximate surface area is 98.8 Å². The third kappa shape index (κ3) is 1.77. The second-order valence-electron chi connectivity index (χ2n) is 4.55. The molecule has 1 fully saturated rings. The van der Waals surface area contributed by atoms with Crippen molar-refractivity contribution < 1.29 is 4.79 Å². The zero-order valence-electron chi connectivity index (χ0n) is 9.90. The van der Waals surface area contributed by atoms with E-state index in [1.807, 2.05) is 20.0 Å². The first kappa shape index (κ1) is 10.3. The minimum atomic E-state index is -0.0369. The fourth-order valence-corrected chi connectivity index (χ4v) is 1.93. The van der Waals surface area contributed by atoms with E-state index in [-0.39, 0.29) is 5.91 Å². The van der Waals surface area contributed by atoms with Gasteiger partial charge in [0.05, 0.1) is 11.3 Å². The van der Waals surface area contributed by atoms with E-state index in [1.165, 1.54) is 0 Å². The molecule has 5 nitrogen and oxygen atoms in total. The van der Waals surface area contributed by atoms with Crippen LogP contribution >= 0.6 is 0 Å². The molecule has 0 atom stereocenters. The van der Waals surface area contributed by atoms with E-state index in [9.17, 15) is 4.79 Å². The summed E-state index contributed by atoms with van der Waals surface area (Å²) in [7, 11) is 1.85. The number of aryl methyl sites for hydroxylation is 2. The van der Waals surface area contributed by atoms with Gasteiger partial charge in [0.2, 0.25) is 0 Å². The molecule has 1 N–H and O–H groups in total. The lowest BCUT2D eigenvalue weighted by Gasteiger charge is -2.02. The molecule has 0 spiro atoms. The van der Waals surface area contributed by atoms with Gasteiger partial charge in [-0.05, 0) is 25.8 Å². The highest BCUT2D eigenvalue weighted by molar-refractivity contribution is 5.97. The summed E-state index contributed by atoms with van der Waals surface area (Å²) in [4.78, 5) is 16.2. The molecule has 5 heteroatoms. The number of carbonyl (C=O) groups is 1. The molecule has 1 amide bonds. The molecule has 0 aromatic carbocycles. The Morgan fingerprint density at radius 2 is 2.29 bits per heavy atom. The summed E-state index contributed by atoms with van der Waals surface area (Å²) in [6, 6.07) is 2.23. The van der Waals surface area contributed by atoms with Crippen LogP contribution in [0.5, 0.6) is 0 Å². The first-order valence-electron chi connectivity index (χ1n) is 5.75. The van der Waals surface area contributed by atoms with E-state index in [4.69, 9.17) is 0 Å². The number of aromatic nitrogens is 3. The molecule has 1 aliphatic carbocycles. The maximum atomic E-state index is 11.9. The highest BCUT2D eigenvalue weighted by Gasteiger charge is 2.24. The Morgan fingerprint density at radius 1 is 1.53 bits per heavy atom. The van der Waals surface area contributed by atoms with Crippen LogP contribution in [0.15, 0.2) is 12.3 Å². The molecule has 0 radical (unpaired) electrons. The number of hydrogen-bond donors (Lipinski definition) is 1. The Hall–Kier alpha value is -1.91. The van der Waals surface area contributed by atoms with Crippen molar-refractivity contribution in [1.29, 1.82) is 0 Å². The highest BCUT2D eigenvalue weighted by Crippen LogP contribution is 2.20. The topological polar surface area (TPSA) is 59.8 Å². The van der Waals surface area contributed by atoms with Gasteiger partial charge in [-0.1, -0.05) is 0 Å². The summed E-state index contributed by atoms with van der Waals surface area (Å²) in [5.74, 6) is -0.0369. The standard InChI is InChI=1S/C12H14N4O/c1-7-10-5-8(12(17)14-9-3-4-9)6-13-11(10)16(2)15-7/h5-6,9H,3-4H2,1-2H3,(H,14,17). The molecular weight excluding hydrogens is 216 g/mol. The zero-order chi connectivity index (χ0) is 12.0. The van der Waals surface area contributed by atoms with Gasteiger partial charge in [0.25, 0.3) is 5.91 Å². The van der Waals surface area contributed by atoms with Crippen molar-refractivity contribution in [3.8, 4) is 0 Å². The predicted octanol–water partition coefficient (Wildman–Crippen LogP) is 1.17. The van der Waals surface area contributed by atoms with Crippen molar-refractivity contribution in [1.82, 2.24) is 20.1 Å². The number of hydrogen-bond acceptors (Lipinski definition) is 3. The number of carbonyl (C=O) groups excluding carboxylic acids is 1. The summed E-state index contributed by atoms with van der Waals surface area (Å²) < 4.78 is 1.73. The largest absolute Gasteiger partial charge is 0.349 e. The first-order valence-corrected chi connectivity index (χ1v) is 5.75. The summed E-state index contributed by atoms with van der Waals surface area (Å²) in [5, 5.41) is 8.18. The van der Waals surface area contributed by atoms with Gasteiger partial charge >= 0.3 is 0 Å². The molecule has 2 aromatic heterocycles. The summed E-state index contributed by atoms with van der Waals surface area (Å²) >= 11 is 0. The normalized spacial score (nSPS) is 15.2. The van der Waals surface area contributed by atoms with E-state index in [1.54, 1.807) is 10.9 Å². The molecule has 1 aliphatic rings. The molecule has 17 heavy (non-hydrogen) atoms. The van der Waals surface area contributed by atoms with Crippen LogP contribution in [0, 0.1) is 6.92 Å². The van der Waals surface area contributed by atoms with Gasteiger partial charge in [-0.15, -0.1) is 0 Å². The lowest BCUT2D eigenvalue weighted by atomic mass is 10.2. The number of pyridine rings is 1. The van der Waals surface area contributed by atoms with E-state index in [2.05, 4.69) is 15.4 Å². The predicted molar refractivity (Wildman–Crippen MR) is 63.7 cm³/mol. The Morgan fingerprint density at radius 3 is 3.00 bits per heavy atom. The SMILES string of the molecule is Cc1nn(C)c2ncc(C(=O)NC3CC3)cc12. The molecule has 0 aliphatic heterocycles. The number of nitrogens with one attached hydrogen (secondary N) is 1. The number of fused-ring (bicyclic) bond motifs is 1. The lowest BCUT2D eigenvalue weighted by molar-refractivity contribution is 0.0951. The van der Waals surface area contributed by atoms with Crippen molar-refractivity contribution in [2.24, 2.45) is 7.05 Å². The molecular formula is C12H14N4O. The van der Waals surface area contributed by atoms with E-state index < -0.39 is 0 Å². The molecule has 2 heterocycles. The summed E-state index contributed by atoms with van der Waals surface area (Å²) in [6.45, 7) is 1.92. The molecule has 0 unspecified atom stereocenters. The van der Waals surface area contributed by atoms with E-state index in [0.717, 1.165) is 29.6 Å². The minimum absolute atomic E-state index is 0.0369. The van der Waals surface area contributed by atoms with Gasteiger partial charge in [-0.25, -0.2) is 4.98 Å². The van der Waals surface area contributed by atoms with E-state index >= 15 is 0 Å². The third-order valence-corrected chi connectivity index (χ3v) is 3.04. The van der Waals surface area contributed by atoms with Crippen molar-refractivity contribution in [2.75, 3.05) is 0 Å². The van der Waals surface area contributed by atoms with Crippen LogP contribution < -0.4 is 5.32 Å². The van der Waals surface area contributed by atoms with Gasteiger partial charge in [0.15, 0.2) is 5.65 Å². The molecule has 2 aromatic rings. The third-order valence-electron chi connectivity index (χ3n) is 3.04. The first-order chi connectivity index (χ1) is 8.15. The fourth-order valence-electron chi connectivity index (χ4n) is 1.93. The van der Waals surface area contributed by atoms with Crippen molar-refractivity contribution >= 4 is 16.9 Å². The Bertz CT molecular complexity index is 598. The van der Waals surface area contributed by atoms with Crippen LogP contribution in [0.25, 0.3) is 11.0 Å². The number of nitrogens with zero attached hydrogens (tertiary/aromatic N) is 3. The monoisotopic (exact) mass is 230 g/mol. The number of amides is 1. The quantitative estimate of drug-likeness (QED) is 0.842. The van der Waals surface area contributed by atoms with Gasteiger partial charge in [0.1, 0.15) is 0 Å². The number of rotatable bonds is 2. The lowest BCUT2D eigenvalue weighted by Crippen LogP contribution is -2.25. The minimum Gasteiger partial charge on any atom is -0.349 e. The average Bonchev–Trinajstić information content (AvgIpc) is 3.07. The second-order valence-corrected chi connectivity index (χ2v) is 4.55. The Balaban J connectivity index is 2.00. The zero-order valence-corrected chi connectivity index (χ0v) is 9.90. The van der Waals surface area contributed by atoms with Gasteiger partial charge in [-0.2, -0.15) is 5.10 Å². The van der Waals surface area contributed by atoms with Crippen LogP contribution in [0.2, 0.25) is 0 Å². The van der Waals surface area contributed by atoms with Gasteiger partial charge in [0, 0.05) is 24.7 Å². The van der Waals surface area contributed by atoms with Crippen LogP contribution in [-0.2, 0) is 7.05 Å². The molecule has 0 saturated heterocycles. The van der Waals surface area contributed by atoms with Crippen LogP contribution in [-0.4, -0.2) is 26.7 Å². The Kier molecular flexibility index (Phi) is 2.14. The summed E-state index contributed by atoms with van der Waals surface area (Å²) in [5.41, 5.74) is 2.32. The van der Waals surface area contributed by atoms with Crippen LogP contribution in [0.1, 0.15) is 28.9 Å². The maximum absolute atomic E-state index is 11.9. The van der Waals surface area contributed by atoms with Gasteiger partial charge < -0.3 is 5.32 Å². The van der Waals surface area contributed by atoms with Crippen LogP contribution in [0.3, 0.4) is 0 Å². The fraction of sp³-hybridized carbons (Fsp3) is 0.417. The second kappa shape index (κ2) is 3.55. The highest BCUT2D eigenvalue weighted by atomic mass is 16.1. The molecule has 88 valence electrons. The van der Waals surface area contributed by atoms with Crippen molar-refractivity contribution in [3.05, 3.63) is 23.5 Å². The average molecular weight is 230 g/mol. The maximum Gasteiger partial charge on any atom is 0.253 e. The van der Waals surface area contributed by atoms with Crippen LogP contribution in [0.4, 0.5) is 0 Å². The smallest absolute Gasteiger partial charge is 0.253 e.